The van der Waals surface area contributed by atoms with E-state index in [0.29, 0.717) is 13.1 Å². The summed E-state index contributed by atoms with van der Waals surface area (Å²) in [5.74, 6) is -0.286. The first-order valence-corrected chi connectivity index (χ1v) is 6.45. The summed E-state index contributed by atoms with van der Waals surface area (Å²) in [6.45, 7) is 4.82. The molecule has 1 amide bonds. The molecule has 0 saturated carbocycles. The van der Waals surface area contributed by atoms with Gasteiger partial charge in [-0.1, -0.05) is 25.4 Å². The molecule has 6 nitrogen and oxygen atoms in total. The van der Waals surface area contributed by atoms with Crippen molar-refractivity contribution in [1.29, 1.82) is 0 Å². The Bertz CT molecular complexity index is 535. The van der Waals surface area contributed by atoms with Crippen molar-refractivity contribution in [2.45, 2.75) is 13.8 Å². The topological polar surface area (TPSA) is 89.5 Å². The van der Waals surface area contributed by atoms with Crippen LogP contribution in [0.4, 0.5) is 5.69 Å². The average molecular weight is 336 g/mol. The summed E-state index contributed by atoms with van der Waals surface area (Å²) in [6, 6.07) is 3.81. The number of hydrogen-bond donors (Lipinski definition) is 1. The van der Waals surface area contributed by atoms with E-state index in [0.717, 1.165) is 0 Å². The number of carbonyl (C=O) groups excluding carboxylic acids is 1. The van der Waals surface area contributed by atoms with Crippen LogP contribution in [0.15, 0.2) is 18.2 Å². The molecule has 0 atom stereocenters. The summed E-state index contributed by atoms with van der Waals surface area (Å²) < 4.78 is 0. The van der Waals surface area contributed by atoms with Crippen LogP contribution < -0.4 is 5.73 Å². The number of nitrogens with zero attached hydrogens (tertiary/aromatic N) is 2. The number of hydrogen-bond acceptors (Lipinski definition) is 4. The Hall–Kier alpha value is -1.37. The number of nitro groups is 1. The molecule has 0 aliphatic rings. The number of carbonyl (C=O) groups is 1. The lowest BCUT2D eigenvalue weighted by molar-refractivity contribution is -0.384. The second-order valence-electron chi connectivity index (χ2n) is 5.45. The molecule has 0 heterocycles. The number of benzene rings is 1. The molecule has 0 spiro atoms. The minimum atomic E-state index is -0.554. The molecule has 8 heteroatoms. The fraction of sp³-hybridized carbons (Fsp3) is 0.462. The van der Waals surface area contributed by atoms with Gasteiger partial charge >= 0.3 is 0 Å². The van der Waals surface area contributed by atoms with Crippen LogP contribution in [0.25, 0.3) is 0 Å². The number of nitro benzene ring substituents is 1. The third-order valence-electron chi connectivity index (χ3n) is 2.96. The Morgan fingerprint density at radius 2 is 2.05 bits per heavy atom. The van der Waals surface area contributed by atoms with E-state index in [4.69, 9.17) is 17.3 Å². The van der Waals surface area contributed by atoms with Gasteiger partial charge in [-0.25, -0.2) is 0 Å². The van der Waals surface area contributed by atoms with E-state index in [9.17, 15) is 14.9 Å². The quantitative estimate of drug-likeness (QED) is 0.661. The fourth-order valence-electron chi connectivity index (χ4n) is 1.78. The van der Waals surface area contributed by atoms with Crippen LogP contribution in [0.2, 0.25) is 5.02 Å². The molecule has 1 aromatic carbocycles. The van der Waals surface area contributed by atoms with Gasteiger partial charge in [0, 0.05) is 25.7 Å². The fourth-order valence-corrected chi connectivity index (χ4v) is 2.03. The van der Waals surface area contributed by atoms with Crippen LogP contribution in [-0.4, -0.2) is 35.9 Å². The van der Waals surface area contributed by atoms with Gasteiger partial charge in [-0.05, 0) is 18.0 Å². The number of non-ortho nitro benzene ring substituents is 1. The number of amides is 1. The first-order valence-electron chi connectivity index (χ1n) is 6.07. The van der Waals surface area contributed by atoms with Crippen molar-refractivity contribution in [2.75, 3.05) is 20.1 Å². The Morgan fingerprint density at radius 1 is 1.48 bits per heavy atom. The van der Waals surface area contributed by atoms with Gasteiger partial charge in [-0.3, -0.25) is 14.9 Å². The summed E-state index contributed by atoms with van der Waals surface area (Å²) >= 11 is 5.94. The number of halogens is 2. The highest BCUT2D eigenvalue weighted by Crippen LogP contribution is 2.24. The second kappa shape index (κ2) is 7.59. The Kier molecular flexibility index (Phi) is 7.09. The van der Waals surface area contributed by atoms with Crippen molar-refractivity contribution in [3.05, 3.63) is 38.9 Å². The van der Waals surface area contributed by atoms with Gasteiger partial charge in [0.25, 0.3) is 11.6 Å². The first-order chi connectivity index (χ1) is 9.18. The molecule has 0 unspecified atom stereocenters. The zero-order valence-electron chi connectivity index (χ0n) is 12.1. The largest absolute Gasteiger partial charge is 0.341 e. The molecule has 1 rings (SSSR count). The summed E-state index contributed by atoms with van der Waals surface area (Å²) in [5.41, 5.74) is 5.53. The Morgan fingerprint density at radius 3 is 2.48 bits per heavy atom. The molecule has 0 radical (unpaired) electrons. The highest BCUT2D eigenvalue weighted by molar-refractivity contribution is 6.34. The second-order valence-corrected chi connectivity index (χ2v) is 5.86. The maximum Gasteiger partial charge on any atom is 0.270 e. The standard InChI is InChI=1S/C13H18ClN3O3.ClH/c1-13(2,7-15)8-16(3)12(18)10-5-4-9(17(19)20)6-11(10)14;/h4-6H,7-8,15H2,1-3H3;1H. The van der Waals surface area contributed by atoms with E-state index in [1.54, 1.807) is 7.05 Å². The molecule has 2 N–H and O–H groups in total. The summed E-state index contributed by atoms with van der Waals surface area (Å²) in [6.07, 6.45) is 0. The molecule has 0 bridgehead atoms. The van der Waals surface area contributed by atoms with Gasteiger partial charge in [0.15, 0.2) is 0 Å². The third kappa shape index (κ3) is 5.15. The lowest BCUT2D eigenvalue weighted by atomic mass is 9.93. The normalized spacial score (nSPS) is 10.7. The third-order valence-corrected chi connectivity index (χ3v) is 3.27. The van der Waals surface area contributed by atoms with Crippen LogP contribution in [-0.2, 0) is 0 Å². The lowest BCUT2D eigenvalue weighted by Crippen LogP contribution is -2.39. The molecule has 0 saturated heterocycles. The van der Waals surface area contributed by atoms with E-state index in [1.165, 1.54) is 23.1 Å². The number of rotatable bonds is 5. The molecule has 0 aliphatic carbocycles. The van der Waals surface area contributed by atoms with Crippen LogP contribution in [0.5, 0.6) is 0 Å². The van der Waals surface area contributed by atoms with Crippen molar-refractivity contribution < 1.29 is 9.72 Å². The summed E-state index contributed by atoms with van der Waals surface area (Å²) in [4.78, 5) is 23.9. The van der Waals surface area contributed by atoms with Crippen molar-refractivity contribution in [3.63, 3.8) is 0 Å². The van der Waals surface area contributed by atoms with Crippen molar-refractivity contribution in [3.8, 4) is 0 Å². The monoisotopic (exact) mass is 335 g/mol. The highest BCUT2D eigenvalue weighted by Gasteiger charge is 2.23. The molecule has 118 valence electrons. The molecule has 0 aliphatic heterocycles. The molecular weight excluding hydrogens is 317 g/mol. The van der Waals surface area contributed by atoms with E-state index in [1.807, 2.05) is 13.8 Å². The number of nitrogens with two attached hydrogens (primary N) is 1. The minimum absolute atomic E-state index is 0. The predicted molar refractivity (Wildman–Crippen MR) is 85.2 cm³/mol. The Balaban J connectivity index is 0.00000400. The highest BCUT2D eigenvalue weighted by atomic mass is 35.5. The van der Waals surface area contributed by atoms with Gasteiger partial charge in [0.05, 0.1) is 15.5 Å². The molecule has 21 heavy (non-hydrogen) atoms. The van der Waals surface area contributed by atoms with Crippen LogP contribution in [0, 0.1) is 15.5 Å². The van der Waals surface area contributed by atoms with Crippen LogP contribution in [0.1, 0.15) is 24.2 Å². The van der Waals surface area contributed by atoms with Crippen molar-refractivity contribution in [2.24, 2.45) is 11.1 Å². The maximum absolute atomic E-state index is 12.3. The van der Waals surface area contributed by atoms with E-state index >= 15 is 0 Å². The van der Waals surface area contributed by atoms with Gasteiger partial charge in [-0.15, -0.1) is 12.4 Å². The van der Waals surface area contributed by atoms with Gasteiger partial charge in [0.2, 0.25) is 0 Å². The average Bonchev–Trinajstić information content (AvgIpc) is 2.37. The summed E-state index contributed by atoms with van der Waals surface area (Å²) in [7, 11) is 1.65. The van der Waals surface area contributed by atoms with Gasteiger partial charge < -0.3 is 10.6 Å². The zero-order valence-corrected chi connectivity index (χ0v) is 13.7. The smallest absolute Gasteiger partial charge is 0.270 e. The SMILES string of the molecule is CN(CC(C)(C)CN)C(=O)c1ccc([N+](=O)[O-])cc1Cl.Cl. The molecular formula is C13H19Cl2N3O3. The maximum atomic E-state index is 12.3. The van der Waals surface area contributed by atoms with Crippen LogP contribution >= 0.6 is 24.0 Å². The molecule has 0 aromatic heterocycles. The van der Waals surface area contributed by atoms with Crippen molar-refractivity contribution in [1.82, 2.24) is 4.90 Å². The lowest BCUT2D eigenvalue weighted by Gasteiger charge is -2.29. The Labute approximate surface area is 134 Å². The zero-order chi connectivity index (χ0) is 15.5. The molecule has 1 aromatic rings. The van der Waals surface area contributed by atoms with E-state index in [2.05, 4.69) is 0 Å². The predicted octanol–water partition coefficient (Wildman–Crippen LogP) is 2.73. The first kappa shape index (κ1) is 19.6. The van der Waals surface area contributed by atoms with E-state index in [-0.39, 0.29) is 40.0 Å². The molecule has 0 fully saturated rings. The van der Waals surface area contributed by atoms with Gasteiger partial charge in [-0.2, -0.15) is 0 Å². The van der Waals surface area contributed by atoms with Crippen LogP contribution in [0.3, 0.4) is 0 Å². The van der Waals surface area contributed by atoms with Crippen molar-refractivity contribution >= 4 is 35.6 Å². The van der Waals surface area contributed by atoms with Gasteiger partial charge in [0.1, 0.15) is 0 Å². The summed E-state index contributed by atoms with van der Waals surface area (Å²) in [5, 5.41) is 10.7. The van der Waals surface area contributed by atoms with E-state index < -0.39 is 4.92 Å². The minimum Gasteiger partial charge on any atom is -0.341 e.